The summed E-state index contributed by atoms with van der Waals surface area (Å²) in [5.41, 5.74) is 0.253. The number of aliphatic hydroxyl groups is 1. The van der Waals surface area contributed by atoms with Crippen molar-refractivity contribution >= 4 is 23.1 Å². The first-order valence-electron chi connectivity index (χ1n) is 9.57. The smallest absolute Gasteiger partial charge is 0.295 e. The summed E-state index contributed by atoms with van der Waals surface area (Å²) in [5.74, 6) is -1.61. The van der Waals surface area contributed by atoms with Gasteiger partial charge in [-0.2, -0.15) is 0 Å². The number of para-hydroxylation sites is 1. The van der Waals surface area contributed by atoms with E-state index in [1.807, 2.05) is 19.0 Å². The molecule has 1 unspecified atom stereocenters. The Bertz CT molecular complexity index is 1060. The Hall–Kier alpha value is -3.72. The largest absolute Gasteiger partial charge is 0.507 e. The van der Waals surface area contributed by atoms with Gasteiger partial charge in [-0.15, -0.1) is 0 Å². The van der Waals surface area contributed by atoms with Crippen molar-refractivity contribution in [2.45, 2.75) is 6.04 Å². The van der Waals surface area contributed by atoms with Gasteiger partial charge in [0, 0.05) is 36.3 Å². The van der Waals surface area contributed by atoms with Crippen molar-refractivity contribution in [3.8, 4) is 5.75 Å². The topological polar surface area (TPSA) is 113 Å². The van der Waals surface area contributed by atoms with E-state index < -0.39 is 28.4 Å². The average molecular weight is 425 g/mol. The van der Waals surface area contributed by atoms with E-state index in [4.69, 9.17) is 4.74 Å². The zero-order valence-corrected chi connectivity index (χ0v) is 17.4. The van der Waals surface area contributed by atoms with E-state index in [0.717, 1.165) is 0 Å². The van der Waals surface area contributed by atoms with Crippen molar-refractivity contribution in [3.05, 3.63) is 75.3 Å². The number of nitro groups is 1. The highest BCUT2D eigenvalue weighted by Gasteiger charge is 2.46. The number of ketones is 1. The van der Waals surface area contributed by atoms with Crippen molar-refractivity contribution in [1.29, 1.82) is 0 Å². The number of nitro benzene ring substituents is 1. The molecule has 1 heterocycles. The van der Waals surface area contributed by atoms with Gasteiger partial charge in [-0.25, -0.2) is 0 Å². The third-order valence-electron chi connectivity index (χ3n) is 5.09. The van der Waals surface area contributed by atoms with Crippen LogP contribution in [-0.4, -0.2) is 65.8 Å². The fourth-order valence-corrected chi connectivity index (χ4v) is 3.56. The van der Waals surface area contributed by atoms with Crippen LogP contribution in [-0.2, 0) is 9.59 Å². The summed E-state index contributed by atoms with van der Waals surface area (Å²) >= 11 is 0. The normalized spacial score (nSPS) is 17.9. The molecule has 3 rings (SSSR count). The number of amides is 1. The molecule has 0 aromatic heterocycles. The number of rotatable bonds is 7. The molecule has 9 nitrogen and oxygen atoms in total. The van der Waals surface area contributed by atoms with Gasteiger partial charge >= 0.3 is 0 Å². The molecule has 2 aromatic rings. The van der Waals surface area contributed by atoms with Crippen LogP contribution in [0.25, 0.3) is 5.76 Å². The summed E-state index contributed by atoms with van der Waals surface area (Å²) in [4.78, 5) is 39.7. The predicted octanol–water partition coefficient (Wildman–Crippen LogP) is 2.59. The van der Waals surface area contributed by atoms with Crippen LogP contribution in [0, 0.1) is 10.1 Å². The zero-order valence-electron chi connectivity index (χ0n) is 17.4. The molecule has 9 heteroatoms. The van der Waals surface area contributed by atoms with Gasteiger partial charge in [0.25, 0.3) is 17.4 Å². The van der Waals surface area contributed by atoms with Gasteiger partial charge < -0.3 is 19.6 Å². The maximum absolute atomic E-state index is 13.0. The van der Waals surface area contributed by atoms with E-state index in [0.29, 0.717) is 17.9 Å². The summed E-state index contributed by atoms with van der Waals surface area (Å²) in [5, 5.41) is 22.2. The molecular weight excluding hydrogens is 402 g/mol. The van der Waals surface area contributed by atoms with E-state index in [2.05, 4.69) is 0 Å². The predicted molar refractivity (Wildman–Crippen MR) is 114 cm³/mol. The minimum atomic E-state index is -0.893. The van der Waals surface area contributed by atoms with Crippen molar-refractivity contribution in [3.63, 3.8) is 0 Å². The molecule has 162 valence electrons. The molecule has 1 atom stereocenters. The van der Waals surface area contributed by atoms with Crippen LogP contribution in [0.3, 0.4) is 0 Å². The summed E-state index contributed by atoms with van der Waals surface area (Å²) in [6.07, 6.45) is 0. The molecule has 1 amide bonds. The first-order chi connectivity index (χ1) is 14.8. The molecule has 0 bridgehead atoms. The average Bonchev–Trinajstić information content (AvgIpc) is 3.01. The number of benzene rings is 2. The number of likely N-dealkylation sites (N-methyl/N-ethyl adjacent to an activating group) is 1. The van der Waals surface area contributed by atoms with Crippen molar-refractivity contribution in [2.75, 3.05) is 34.3 Å². The Morgan fingerprint density at radius 1 is 1.19 bits per heavy atom. The lowest BCUT2D eigenvalue weighted by molar-refractivity contribution is -0.384. The minimum Gasteiger partial charge on any atom is -0.507 e. The van der Waals surface area contributed by atoms with Gasteiger partial charge in [0.05, 0.1) is 23.6 Å². The highest BCUT2D eigenvalue weighted by atomic mass is 16.6. The van der Waals surface area contributed by atoms with Crippen molar-refractivity contribution in [1.82, 2.24) is 9.80 Å². The van der Waals surface area contributed by atoms with E-state index in [1.165, 1.54) is 36.3 Å². The molecule has 1 fully saturated rings. The third kappa shape index (κ3) is 4.26. The van der Waals surface area contributed by atoms with E-state index in [1.54, 1.807) is 24.3 Å². The van der Waals surface area contributed by atoms with Gasteiger partial charge in [0.2, 0.25) is 0 Å². The Morgan fingerprint density at radius 2 is 1.90 bits per heavy atom. The first kappa shape index (κ1) is 22.0. The van der Waals surface area contributed by atoms with Gasteiger partial charge in [-0.05, 0) is 20.2 Å². The molecule has 0 saturated carbocycles. The number of carbonyl (C=O) groups excluding carboxylic acids is 2. The van der Waals surface area contributed by atoms with Gasteiger partial charge in [0.15, 0.2) is 0 Å². The quantitative estimate of drug-likeness (QED) is 0.238. The standard InChI is InChI=1S/C22H23N3O6/c1-23(2)11-12-24-19(16-9-4-5-10-17(16)31-3)18(21(27)22(24)28)20(26)14-7-6-8-15(13-14)25(29)30/h4-10,13,19,26H,11-12H2,1-3H3/b20-18+. The molecule has 1 saturated heterocycles. The second kappa shape index (κ2) is 8.97. The van der Waals surface area contributed by atoms with E-state index in [9.17, 15) is 24.8 Å². The van der Waals surface area contributed by atoms with Crippen LogP contribution >= 0.6 is 0 Å². The fraction of sp³-hybridized carbons (Fsp3) is 0.273. The van der Waals surface area contributed by atoms with E-state index in [-0.39, 0.29) is 23.4 Å². The molecule has 0 radical (unpaired) electrons. The van der Waals surface area contributed by atoms with Crippen molar-refractivity contribution < 1.29 is 24.4 Å². The number of hydrogen-bond donors (Lipinski definition) is 1. The number of carbonyl (C=O) groups is 2. The second-order valence-corrected chi connectivity index (χ2v) is 7.35. The fourth-order valence-electron chi connectivity index (χ4n) is 3.56. The number of nitrogens with zero attached hydrogens (tertiary/aromatic N) is 3. The van der Waals surface area contributed by atoms with Gasteiger partial charge in [0.1, 0.15) is 11.5 Å². The van der Waals surface area contributed by atoms with Crippen LogP contribution in [0.4, 0.5) is 5.69 Å². The SMILES string of the molecule is COc1ccccc1C1/C(=C(\O)c2cccc([N+](=O)[O-])c2)C(=O)C(=O)N1CCN(C)C. The Morgan fingerprint density at radius 3 is 2.55 bits per heavy atom. The molecule has 1 aliphatic rings. The lowest BCUT2D eigenvalue weighted by Gasteiger charge is -2.27. The minimum absolute atomic E-state index is 0.0831. The zero-order chi connectivity index (χ0) is 22.7. The number of likely N-dealkylation sites (tertiary alicyclic amines) is 1. The maximum Gasteiger partial charge on any atom is 0.295 e. The number of non-ortho nitro benzene ring substituents is 1. The van der Waals surface area contributed by atoms with Gasteiger partial charge in [-0.3, -0.25) is 19.7 Å². The third-order valence-corrected chi connectivity index (χ3v) is 5.09. The number of ether oxygens (including phenoxy) is 1. The van der Waals surface area contributed by atoms with Gasteiger partial charge in [-0.1, -0.05) is 30.3 Å². The van der Waals surface area contributed by atoms with E-state index >= 15 is 0 Å². The van der Waals surface area contributed by atoms with Crippen LogP contribution in [0.5, 0.6) is 5.75 Å². The maximum atomic E-state index is 13.0. The molecular formula is C22H23N3O6. The van der Waals surface area contributed by atoms with Crippen molar-refractivity contribution in [2.24, 2.45) is 0 Å². The van der Waals surface area contributed by atoms with Crippen LogP contribution in [0.15, 0.2) is 54.1 Å². The summed E-state index contributed by atoms with van der Waals surface area (Å²) in [6, 6.07) is 11.4. The monoisotopic (exact) mass is 425 g/mol. The molecule has 1 N–H and O–H groups in total. The highest BCUT2D eigenvalue weighted by Crippen LogP contribution is 2.42. The first-order valence-corrected chi connectivity index (χ1v) is 9.57. The van der Waals surface area contributed by atoms with Crippen LogP contribution in [0.2, 0.25) is 0 Å². The Labute approximate surface area is 179 Å². The molecule has 31 heavy (non-hydrogen) atoms. The Balaban J connectivity index is 2.21. The van der Waals surface area contributed by atoms with Crippen LogP contribution < -0.4 is 4.74 Å². The summed E-state index contributed by atoms with van der Waals surface area (Å²) in [7, 11) is 5.17. The molecule has 1 aliphatic heterocycles. The van der Waals surface area contributed by atoms with Crippen LogP contribution in [0.1, 0.15) is 17.2 Å². The molecule has 2 aromatic carbocycles. The number of methoxy groups -OCH3 is 1. The highest BCUT2D eigenvalue weighted by molar-refractivity contribution is 6.46. The lowest BCUT2D eigenvalue weighted by Crippen LogP contribution is -2.35. The summed E-state index contributed by atoms with van der Waals surface area (Å²) in [6.45, 7) is 0.738. The lowest BCUT2D eigenvalue weighted by atomic mass is 9.94. The second-order valence-electron chi connectivity index (χ2n) is 7.35. The number of hydrogen-bond acceptors (Lipinski definition) is 7. The number of aliphatic hydroxyl groups excluding tert-OH is 1. The summed E-state index contributed by atoms with van der Waals surface area (Å²) < 4.78 is 5.43. The molecule has 0 spiro atoms. The Kier molecular flexibility index (Phi) is 6.36. The number of Topliss-reactive ketones (excluding diaryl/α,β-unsaturated/α-hetero) is 1. The molecule has 0 aliphatic carbocycles.